The number of aliphatic imine (C=N–C) groups is 1. The normalized spacial score (nSPS) is 14.2. The van der Waals surface area contributed by atoms with Gasteiger partial charge >= 0.3 is 5.97 Å². The molecule has 0 saturated heterocycles. The number of benzene rings is 3. The lowest BCUT2D eigenvalue weighted by Crippen LogP contribution is -2.30. The zero-order valence-electron chi connectivity index (χ0n) is 16.5. The van der Waals surface area contributed by atoms with Crippen molar-refractivity contribution in [2.75, 3.05) is 12.0 Å². The van der Waals surface area contributed by atoms with Gasteiger partial charge in [0, 0.05) is 5.56 Å². The second-order valence-electron chi connectivity index (χ2n) is 6.90. The maximum atomic E-state index is 13.2. The van der Waals surface area contributed by atoms with Crippen LogP contribution in [0, 0.1) is 13.8 Å². The summed E-state index contributed by atoms with van der Waals surface area (Å²) in [5, 5.41) is 0. The molecule has 0 bridgehead atoms. The maximum absolute atomic E-state index is 13.2. The molecule has 144 valence electrons. The van der Waals surface area contributed by atoms with Gasteiger partial charge in [-0.25, -0.2) is 9.79 Å². The number of nitrogens with zero attached hydrogens (tertiary/aromatic N) is 2. The number of para-hydroxylation sites is 2. The number of anilines is 1. The van der Waals surface area contributed by atoms with Gasteiger partial charge < -0.3 is 4.74 Å². The van der Waals surface area contributed by atoms with E-state index in [1.54, 1.807) is 23.1 Å². The molecule has 3 aromatic carbocycles. The fourth-order valence-electron chi connectivity index (χ4n) is 3.51. The van der Waals surface area contributed by atoms with Crippen LogP contribution in [0.1, 0.15) is 37.4 Å². The molecule has 5 nitrogen and oxygen atoms in total. The van der Waals surface area contributed by atoms with Crippen molar-refractivity contribution in [2.45, 2.75) is 13.8 Å². The minimum Gasteiger partial charge on any atom is -0.465 e. The Morgan fingerprint density at radius 2 is 1.59 bits per heavy atom. The standard InChI is InChI=1S/C24H20N2O3/c1-15-8-7-9-16(2)21(15)25-22-20-14-17(24(28)29-3)12-13-19(20)23(27)26(22)18-10-5-4-6-11-18/h4-14H,1-3H3. The number of hydrogen-bond donors (Lipinski definition) is 0. The van der Waals surface area contributed by atoms with E-state index in [1.807, 2.05) is 62.4 Å². The SMILES string of the molecule is COC(=O)c1ccc2c(c1)C(=Nc1c(C)cccc1C)N(c1ccccc1)C2=O. The van der Waals surface area contributed by atoms with Crippen LogP contribution in [0.4, 0.5) is 11.4 Å². The summed E-state index contributed by atoms with van der Waals surface area (Å²) in [7, 11) is 1.34. The van der Waals surface area contributed by atoms with Crippen LogP contribution in [0.3, 0.4) is 0 Å². The first-order valence-corrected chi connectivity index (χ1v) is 9.28. The van der Waals surface area contributed by atoms with E-state index in [1.165, 1.54) is 7.11 Å². The van der Waals surface area contributed by atoms with E-state index >= 15 is 0 Å². The number of hydrogen-bond acceptors (Lipinski definition) is 4. The highest BCUT2D eigenvalue weighted by atomic mass is 16.5. The topological polar surface area (TPSA) is 59.0 Å². The van der Waals surface area contributed by atoms with Gasteiger partial charge in [-0.1, -0.05) is 36.4 Å². The summed E-state index contributed by atoms with van der Waals surface area (Å²) < 4.78 is 4.85. The molecule has 3 aromatic rings. The second kappa shape index (κ2) is 7.36. The van der Waals surface area contributed by atoms with Gasteiger partial charge in [-0.05, 0) is 55.3 Å². The number of esters is 1. The maximum Gasteiger partial charge on any atom is 0.337 e. The predicted molar refractivity (Wildman–Crippen MR) is 113 cm³/mol. The second-order valence-corrected chi connectivity index (χ2v) is 6.90. The van der Waals surface area contributed by atoms with Crippen molar-refractivity contribution in [1.29, 1.82) is 0 Å². The highest BCUT2D eigenvalue weighted by molar-refractivity contribution is 6.36. The molecule has 1 aliphatic heterocycles. The molecule has 4 rings (SSSR count). The minimum atomic E-state index is -0.454. The molecule has 0 N–H and O–H groups in total. The number of fused-ring (bicyclic) bond motifs is 1. The number of rotatable bonds is 3. The van der Waals surface area contributed by atoms with Crippen LogP contribution in [0.5, 0.6) is 0 Å². The van der Waals surface area contributed by atoms with Crippen molar-refractivity contribution in [3.63, 3.8) is 0 Å². The number of carbonyl (C=O) groups is 2. The monoisotopic (exact) mass is 384 g/mol. The summed E-state index contributed by atoms with van der Waals surface area (Å²) >= 11 is 0. The van der Waals surface area contributed by atoms with Gasteiger partial charge in [-0.2, -0.15) is 0 Å². The molecule has 0 unspecified atom stereocenters. The Bertz CT molecular complexity index is 1130. The number of carbonyl (C=O) groups excluding carboxylic acids is 2. The van der Waals surface area contributed by atoms with Gasteiger partial charge in [0.15, 0.2) is 0 Å². The Labute approximate surface area is 169 Å². The quantitative estimate of drug-likeness (QED) is 0.608. The molecule has 29 heavy (non-hydrogen) atoms. The van der Waals surface area contributed by atoms with Crippen molar-refractivity contribution in [2.24, 2.45) is 4.99 Å². The van der Waals surface area contributed by atoms with Crippen molar-refractivity contribution in [3.8, 4) is 0 Å². The molecule has 0 spiro atoms. The molecule has 1 aliphatic rings. The van der Waals surface area contributed by atoms with Crippen LogP contribution >= 0.6 is 0 Å². The first-order chi connectivity index (χ1) is 14.0. The van der Waals surface area contributed by atoms with Gasteiger partial charge in [0.2, 0.25) is 0 Å². The summed E-state index contributed by atoms with van der Waals surface area (Å²) in [5.74, 6) is -0.128. The van der Waals surface area contributed by atoms with E-state index in [0.29, 0.717) is 22.5 Å². The molecule has 0 aliphatic carbocycles. The lowest BCUT2D eigenvalue weighted by molar-refractivity contribution is 0.0600. The van der Waals surface area contributed by atoms with Crippen LogP contribution in [-0.4, -0.2) is 24.8 Å². The van der Waals surface area contributed by atoms with Gasteiger partial charge in [0.1, 0.15) is 5.84 Å². The first-order valence-electron chi connectivity index (χ1n) is 9.28. The van der Waals surface area contributed by atoms with Crippen LogP contribution in [0.15, 0.2) is 71.7 Å². The van der Waals surface area contributed by atoms with E-state index < -0.39 is 5.97 Å². The van der Waals surface area contributed by atoms with Crippen LogP contribution < -0.4 is 4.90 Å². The number of amidine groups is 1. The Kier molecular flexibility index (Phi) is 4.72. The van der Waals surface area contributed by atoms with E-state index in [-0.39, 0.29) is 5.91 Å². The summed E-state index contributed by atoms with van der Waals surface area (Å²) in [6, 6.07) is 20.3. The zero-order valence-corrected chi connectivity index (χ0v) is 16.5. The molecular weight excluding hydrogens is 364 g/mol. The number of ether oxygens (including phenoxy) is 1. The third-order valence-electron chi connectivity index (χ3n) is 5.00. The predicted octanol–water partition coefficient (Wildman–Crippen LogP) is 4.83. The summed E-state index contributed by atoms with van der Waals surface area (Å²) in [5.41, 5.74) is 5.05. The van der Waals surface area contributed by atoms with E-state index in [2.05, 4.69) is 0 Å². The minimum absolute atomic E-state index is 0.174. The van der Waals surface area contributed by atoms with E-state index in [4.69, 9.17) is 9.73 Å². The third-order valence-corrected chi connectivity index (χ3v) is 5.00. The fourth-order valence-corrected chi connectivity index (χ4v) is 3.51. The molecular formula is C24H20N2O3. The van der Waals surface area contributed by atoms with Crippen molar-refractivity contribution < 1.29 is 14.3 Å². The molecule has 0 fully saturated rings. The lowest BCUT2D eigenvalue weighted by Gasteiger charge is -2.18. The fraction of sp³-hybridized carbons (Fsp3) is 0.125. The smallest absolute Gasteiger partial charge is 0.337 e. The first kappa shape index (κ1) is 18.6. The molecule has 0 atom stereocenters. The van der Waals surface area contributed by atoms with Crippen LogP contribution in [0.2, 0.25) is 0 Å². The summed E-state index contributed by atoms with van der Waals surface area (Å²) in [6.45, 7) is 3.98. The highest BCUT2D eigenvalue weighted by Crippen LogP contribution is 2.33. The Morgan fingerprint density at radius 3 is 2.24 bits per heavy atom. The Morgan fingerprint density at radius 1 is 0.897 bits per heavy atom. The van der Waals surface area contributed by atoms with Gasteiger partial charge in [-0.15, -0.1) is 0 Å². The molecule has 0 radical (unpaired) electrons. The van der Waals surface area contributed by atoms with Gasteiger partial charge in [0.05, 0.1) is 29.6 Å². The molecule has 1 heterocycles. The number of aryl methyl sites for hydroxylation is 2. The Hall–Kier alpha value is -3.73. The van der Waals surface area contributed by atoms with Crippen LogP contribution in [-0.2, 0) is 4.74 Å². The molecule has 0 aromatic heterocycles. The average Bonchev–Trinajstić information content (AvgIpc) is 3.02. The largest absolute Gasteiger partial charge is 0.465 e. The van der Waals surface area contributed by atoms with Crippen molar-refractivity contribution in [3.05, 3.63) is 94.5 Å². The van der Waals surface area contributed by atoms with E-state index in [9.17, 15) is 9.59 Å². The highest BCUT2D eigenvalue weighted by Gasteiger charge is 2.35. The summed E-state index contributed by atoms with van der Waals surface area (Å²) in [4.78, 5) is 31.8. The van der Waals surface area contributed by atoms with Gasteiger partial charge in [0.25, 0.3) is 5.91 Å². The van der Waals surface area contributed by atoms with Crippen LogP contribution in [0.25, 0.3) is 0 Å². The third kappa shape index (κ3) is 3.21. The van der Waals surface area contributed by atoms with Gasteiger partial charge in [-0.3, -0.25) is 9.69 Å². The summed E-state index contributed by atoms with van der Waals surface area (Å²) in [6.07, 6.45) is 0. The Balaban J connectivity index is 1.97. The van der Waals surface area contributed by atoms with Crippen molar-refractivity contribution >= 4 is 29.1 Å². The van der Waals surface area contributed by atoms with Crippen molar-refractivity contribution in [1.82, 2.24) is 0 Å². The molecule has 5 heteroatoms. The number of amides is 1. The lowest BCUT2D eigenvalue weighted by atomic mass is 10.1. The molecule has 1 amide bonds. The number of methoxy groups -OCH3 is 1. The average molecular weight is 384 g/mol. The van der Waals surface area contributed by atoms with E-state index in [0.717, 1.165) is 22.5 Å². The molecule has 0 saturated carbocycles. The zero-order chi connectivity index (χ0) is 20.5.